The predicted octanol–water partition coefficient (Wildman–Crippen LogP) is 4.11. The molecule has 3 heterocycles. The third-order valence-corrected chi connectivity index (χ3v) is 7.30. The Morgan fingerprint density at radius 1 is 1.18 bits per heavy atom. The van der Waals surface area contributed by atoms with Gasteiger partial charge in [0, 0.05) is 49.5 Å². The van der Waals surface area contributed by atoms with Crippen LogP contribution in [0.15, 0.2) is 40.4 Å². The van der Waals surface area contributed by atoms with Crippen LogP contribution in [0.4, 0.5) is 17.1 Å². The fourth-order valence-corrected chi connectivity index (χ4v) is 5.26. The Morgan fingerprint density at radius 3 is 2.59 bits per heavy atom. The third-order valence-electron chi connectivity index (χ3n) is 6.17. The quantitative estimate of drug-likeness (QED) is 0.549. The number of aliphatic imine (C=N–C) groups is 1. The topological polar surface area (TPSA) is 106 Å². The van der Waals surface area contributed by atoms with E-state index in [1.807, 2.05) is 39.2 Å². The number of ketones is 1. The van der Waals surface area contributed by atoms with Crippen LogP contribution in [0.5, 0.6) is 0 Å². The van der Waals surface area contributed by atoms with Gasteiger partial charge < -0.3 is 5.32 Å². The highest BCUT2D eigenvalue weighted by atomic mass is 32.2. The van der Waals surface area contributed by atoms with Gasteiger partial charge in [0.1, 0.15) is 11.5 Å². The normalized spacial score (nSPS) is 15.2. The van der Waals surface area contributed by atoms with Crippen molar-refractivity contribution < 1.29 is 13.2 Å². The summed E-state index contributed by atoms with van der Waals surface area (Å²) in [6.45, 7) is 3.88. The molecule has 8 nitrogen and oxygen atoms in total. The molecule has 176 valence electrons. The van der Waals surface area contributed by atoms with Gasteiger partial charge in [-0.15, -0.1) is 0 Å². The maximum Gasteiger partial charge on any atom is 0.177 e. The highest BCUT2D eigenvalue weighted by Crippen LogP contribution is 2.39. The summed E-state index contributed by atoms with van der Waals surface area (Å²) < 4.78 is 27.2. The van der Waals surface area contributed by atoms with Gasteiger partial charge in [-0.25, -0.2) is 8.42 Å². The monoisotopic (exact) mass is 477 g/mol. The highest BCUT2D eigenvalue weighted by Gasteiger charge is 2.30. The second-order valence-electron chi connectivity index (χ2n) is 9.34. The molecule has 2 aromatic heterocycles. The van der Waals surface area contributed by atoms with Gasteiger partial charge in [-0.1, -0.05) is 6.07 Å². The Labute approximate surface area is 199 Å². The van der Waals surface area contributed by atoms with Crippen LogP contribution in [-0.4, -0.2) is 40.9 Å². The highest BCUT2D eigenvalue weighted by molar-refractivity contribution is 7.90. The fraction of sp³-hybridized carbons (Fsp3) is 0.360. The summed E-state index contributed by atoms with van der Waals surface area (Å²) in [6.07, 6.45) is 5.90. The number of sulfone groups is 1. The number of carbonyl (C=O) groups excluding carboxylic acids is 1. The standard InChI is InChI=1S/C25H27N5O3S/c1-14-13-30(3)29-24(14)17-7-8-19(23(10-17)34(4,32)33)28-21-11-18(12-22(31)16-5-6-16)27-20-9-15(2)26-25(20)21/h7-8,10-11,13,16H,5-6,9,12H2,1-4H3,(H,27,28). The van der Waals surface area contributed by atoms with Gasteiger partial charge >= 0.3 is 0 Å². The van der Waals surface area contributed by atoms with Gasteiger partial charge in [0.2, 0.25) is 0 Å². The van der Waals surface area contributed by atoms with Crippen molar-refractivity contribution in [1.82, 2.24) is 14.8 Å². The number of hydrogen-bond acceptors (Lipinski definition) is 7. The van der Waals surface area contributed by atoms with E-state index in [9.17, 15) is 13.2 Å². The third kappa shape index (κ3) is 4.40. The maximum absolute atomic E-state index is 12.7. The molecule has 0 unspecified atom stereocenters. The van der Waals surface area contributed by atoms with E-state index in [0.29, 0.717) is 29.2 Å². The molecule has 0 atom stereocenters. The summed E-state index contributed by atoms with van der Waals surface area (Å²) in [5.41, 5.74) is 6.67. The van der Waals surface area contributed by atoms with Crippen molar-refractivity contribution in [1.29, 1.82) is 0 Å². The first-order valence-corrected chi connectivity index (χ1v) is 13.2. The lowest BCUT2D eigenvalue weighted by Crippen LogP contribution is -2.09. The Balaban J connectivity index is 1.56. The van der Waals surface area contributed by atoms with E-state index < -0.39 is 9.84 Å². The van der Waals surface area contributed by atoms with Crippen molar-refractivity contribution in [2.45, 2.75) is 44.4 Å². The first kappa shape index (κ1) is 22.5. The number of pyridine rings is 1. The van der Waals surface area contributed by atoms with E-state index in [-0.39, 0.29) is 23.0 Å². The number of fused-ring (bicyclic) bond motifs is 1. The second kappa shape index (κ2) is 8.16. The molecule has 0 bridgehead atoms. The average molecular weight is 478 g/mol. The largest absolute Gasteiger partial charge is 0.353 e. The zero-order valence-electron chi connectivity index (χ0n) is 19.7. The van der Waals surface area contributed by atoms with E-state index in [2.05, 4.69) is 20.4 Å². The fourth-order valence-electron chi connectivity index (χ4n) is 4.40. The molecule has 1 aromatic carbocycles. The molecule has 1 saturated carbocycles. The van der Waals surface area contributed by atoms with Crippen molar-refractivity contribution in [2.75, 3.05) is 11.6 Å². The minimum absolute atomic E-state index is 0.156. The van der Waals surface area contributed by atoms with E-state index in [4.69, 9.17) is 0 Å². The van der Waals surface area contributed by atoms with E-state index in [1.54, 1.807) is 16.8 Å². The van der Waals surface area contributed by atoms with Crippen LogP contribution in [0.2, 0.25) is 0 Å². The molecule has 1 aliphatic carbocycles. The van der Waals surface area contributed by atoms with E-state index in [0.717, 1.165) is 41.1 Å². The summed E-state index contributed by atoms with van der Waals surface area (Å²) in [5.74, 6) is 0.366. The molecular weight excluding hydrogens is 450 g/mol. The van der Waals surface area contributed by atoms with Gasteiger partial charge in [-0.3, -0.25) is 19.5 Å². The van der Waals surface area contributed by atoms with Gasteiger partial charge in [0.05, 0.1) is 33.4 Å². The molecule has 1 N–H and O–H groups in total. The van der Waals surface area contributed by atoms with Gasteiger partial charge in [-0.05, 0) is 50.5 Å². The number of aryl methyl sites for hydroxylation is 2. The molecule has 0 amide bonds. The van der Waals surface area contributed by atoms with E-state index >= 15 is 0 Å². The van der Waals surface area contributed by atoms with Crippen molar-refractivity contribution in [3.05, 3.63) is 47.4 Å². The van der Waals surface area contributed by atoms with Crippen LogP contribution in [0.3, 0.4) is 0 Å². The van der Waals surface area contributed by atoms with Gasteiger partial charge in [0.15, 0.2) is 9.84 Å². The summed E-state index contributed by atoms with van der Waals surface area (Å²) in [7, 11) is -1.71. The SMILES string of the molecule is CC1=Nc2c(Nc3ccc(-c4nn(C)cc4C)cc3S(C)(=O)=O)cc(CC(=O)C3CC3)nc2C1. The number of carbonyl (C=O) groups is 1. The first-order valence-electron chi connectivity index (χ1n) is 11.3. The van der Waals surface area contributed by atoms with Crippen molar-refractivity contribution >= 4 is 38.4 Å². The molecule has 2 aliphatic rings. The molecule has 0 radical (unpaired) electrons. The molecule has 34 heavy (non-hydrogen) atoms. The van der Waals surface area contributed by atoms with Crippen LogP contribution >= 0.6 is 0 Å². The van der Waals surface area contributed by atoms with Gasteiger partial charge in [0.25, 0.3) is 0 Å². The Bertz CT molecular complexity index is 1470. The predicted molar refractivity (Wildman–Crippen MR) is 132 cm³/mol. The first-order chi connectivity index (χ1) is 16.1. The number of hydrogen-bond donors (Lipinski definition) is 1. The Morgan fingerprint density at radius 2 is 1.94 bits per heavy atom. The van der Waals surface area contributed by atoms with E-state index in [1.165, 1.54) is 6.26 Å². The minimum atomic E-state index is -3.55. The summed E-state index contributed by atoms with van der Waals surface area (Å²) in [4.78, 5) is 21.9. The van der Waals surface area contributed by atoms with Crippen molar-refractivity contribution in [2.24, 2.45) is 18.0 Å². The second-order valence-corrected chi connectivity index (χ2v) is 11.3. The molecule has 3 aromatic rings. The number of nitrogens with one attached hydrogen (secondary N) is 1. The molecule has 9 heteroatoms. The number of Topliss-reactive ketones (excluding diaryl/α,β-unsaturated/α-hetero) is 1. The molecule has 0 saturated heterocycles. The van der Waals surface area contributed by atoms with Crippen LogP contribution in [0.25, 0.3) is 11.3 Å². The number of anilines is 2. The number of rotatable bonds is 7. The molecular formula is C25H27N5O3S. The molecule has 0 spiro atoms. The molecule has 5 rings (SSSR count). The van der Waals surface area contributed by atoms with Crippen LogP contribution < -0.4 is 5.32 Å². The van der Waals surface area contributed by atoms with Crippen LogP contribution in [0.1, 0.15) is 36.7 Å². The summed E-state index contributed by atoms with van der Waals surface area (Å²) >= 11 is 0. The Hall–Kier alpha value is -3.33. The zero-order chi connectivity index (χ0) is 24.2. The zero-order valence-corrected chi connectivity index (χ0v) is 20.5. The summed E-state index contributed by atoms with van der Waals surface area (Å²) in [5, 5.41) is 7.77. The van der Waals surface area contributed by atoms with Gasteiger partial charge in [-0.2, -0.15) is 5.10 Å². The number of benzene rings is 1. The van der Waals surface area contributed by atoms with Crippen molar-refractivity contribution in [3.8, 4) is 11.3 Å². The number of nitrogens with zero attached hydrogens (tertiary/aromatic N) is 4. The van der Waals surface area contributed by atoms with Crippen LogP contribution in [-0.2, 0) is 34.5 Å². The lowest BCUT2D eigenvalue weighted by molar-refractivity contribution is -0.119. The van der Waals surface area contributed by atoms with Crippen LogP contribution in [0, 0.1) is 12.8 Å². The van der Waals surface area contributed by atoms with Crippen molar-refractivity contribution in [3.63, 3.8) is 0 Å². The Kier molecular flexibility index (Phi) is 5.39. The molecule has 1 aliphatic heterocycles. The maximum atomic E-state index is 12.7. The number of aromatic nitrogens is 3. The lowest BCUT2D eigenvalue weighted by Gasteiger charge is -2.15. The smallest absolute Gasteiger partial charge is 0.177 e. The average Bonchev–Trinajstić information content (AvgIpc) is 3.45. The summed E-state index contributed by atoms with van der Waals surface area (Å²) in [6, 6.07) is 7.09. The molecule has 1 fully saturated rings. The minimum Gasteiger partial charge on any atom is -0.353 e. The lowest BCUT2D eigenvalue weighted by atomic mass is 10.1.